The molecule has 0 bridgehead atoms. The van der Waals surface area contributed by atoms with Gasteiger partial charge in [0.05, 0.1) is 0 Å². The normalized spacial score (nSPS) is 15.1. The second-order valence-corrected chi connectivity index (χ2v) is 2.19. The highest BCUT2D eigenvalue weighted by molar-refractivity contribution is 5.37. The third kappa shape index (κ3) is 3.75. The van der Waals surface area contributed by atoms with Crippen molar-refractivity contribution in [3.63, 3.8) is 0 Å². The first kappa shape index (κ1) is 10.1. The zero-order valence-electron chi connectivity index (χ0n) is 6.19. The minimum atomic E-state index is -1.30. The van der Waals surface area contributed by atoms with Crippen molar-refractivity contribution >= 4 is 6.47 Å². The van der Waals surface area contributed by atoms with Crippen molar-refractivity contribution in [2.75, 3.05) is 13.2 Å². The van der Waals surface area contributed by atoms with E-state index in [2.05, 4.69) is 11.3 Å². The molecule has 0 aliphatic rings. The molecule has 0 fully saturated rings. The van der Waals surface area contributed by atoms with Gasteiger partial charge >= 0.3 is 0 Å². The Balaban J connectivity index is 3.86. The van der Waals surface area contributed by atoms with Crippen molar-refractivity contribution in [3.05, 3.63) is 12.7 Å². The number of carbonyl (C=O) groups is 1. The van der Waals surface area contributed by atoms with E-state index >= 15 is 0 Å². The van der Waals surface area contributed by atoms with Gasteiger partial charge in [0.2, 0.25) is 0 Å². The monoisotopic (exact) mass is 160 g/mol. The highest BCUT2D eigenvalue weighted by Gasteiger charge is 2.22. The first-order valence-electron chi connectivity index (χ1n) is 3.20. The van der Waals surface area contributed by atoms with Gasteiger partial charge in [-0.1, -0.05) is 6.08 Å². The summed E-state index contributed by atoms with van der Waals surface area (Å²) in [5, 5.41) is 17.9. The summed E-state index contributed by atoms with van der Waals surface area (Å²) in [6, 6.07) is 0. The molecule has 0 radical (unpaired) electrons. The van der Waals surface area contributed by atoms with Gasteiger partial charge in [-0.3, -0.25) is 4.79 Å². The molecule has 0 rings (SSSR count). The predicted octanol–water partition coefficient (Wildman–Crippen LogP) is -0.541. The number of rotatable bonds is 6. The standard InChI is InChI=1S/C7H12O4/c1-2-7(10,3-4-8)5-11-6-9/h2,6,8,10H,1,3-5H2. The van der Waals surface area contributed by atoms with Gasteiger partial charge in [-0.2, -0.15) is 0 Å². The van der Waals surface area contributed by atoms with E-state index in [0.717, 1.165) is 0 Å². The largest absolute Gasteiger partial charge is 0.464 e. The van der Waals surface area contributed by atoms with Gasteiger partial charge in [-0.25, -0.2) is 0 Å². The molecule has 4 nitrogen and oxygen atoms in total. The van der Waals surface area contributed by atoms with Crippen molar-refractivity contribution in [3.8, 4) is 0 Å². The lowest BCUT2D eigenvalue weighted by Crippen LogP contribution is -2.32. The topological polar surface area (TPSA) is 66.8 Å². The van der Waals surface area contributed by atoms with Crippen molar-refractivity contribution in [1.29, 1.82) is 0 Å². The fourth-order valence-corrected chi connectivity index (χ4v) is 0.605. The number of carbonyl (C=O) groups excluding carboxylic acids is 1. The average Bonchev–Trinajstić information content (AvgIpc) is 2.02. The molecule has 0 saturated carbocycles. The van der Waals surface area contributed by atoms with Crippen molar-refractivity contribution < 1.29 is 19.7 Å². The maximum absolute atomic E-state index is 9.74. The number of aliphatic hydroxyl groups is 2. The lowest BCUT2D eigenvalue weighted by atomic mass is 10.0. The SMILES string of the molecule is C=CC(O)(CCO)COC=O. The van der Waals surface area contributed by atoms with Crippen LogP contribution in [0.25, 0.3) is 0 Å². The Morgan fingerprint density at radius 1 is 1.64 bits per heavy atom. The van der Waals surface area contributed by atoms with Gasteiger partial charge in [0, 0.05) is 13.0 Å². The summed E-state index contributed by atoms with van der Waals surface area (Å²) in [6.45, 7) is 3.25. The van der Waals surface area contributed by atoms with E-state index < -0.39 is 5.60 Å². The van der Waals surface area contributed by atoms with Gasteiger partial charge in [-0.15, -0.1) is 6.58 Å². The molecule has 0 aliphatic carbocycles. The maximum Gasteiger partial charge on any atom is 0.293 e. The molecule has 11 heavy (non-hydrogen) atoms. The minimum absolute atomic E-state index is 0.115. The maximum atomic E-state index is 9.74. The molecule has 0 spiro atoms. The van der Waals surface area contributed by atoms with Crippen LogP contribution < -0.4 is 0 Å². The van der Waals surface area contributed by atoms with E-state index in [9.17, 15) is 9.90 Å². The number of hydrogen-bond acceptors (Lipinski definition) is 4. The van der Waals surface area contributed by atoms with Crippen LogP contribution in [0.2, 0.25) is 0 Å². The second-order valence-electron chi connectivity index (χ2n) is 2.19. The van der Waals surface area contributed by atoms with Crippen molar-refractivity contribution in [2.45, 2.75) is 12.0 Å². The predicted molar refractivity (Wildman–Crippen MR) is 38.9 cm³/mol. The highest BCUT2D eigenvalue weighted by atomic mass is 16.5. The Morgan fingerprint density at radius 3 is 2.64 bits per heavy atom. The molecule has 0 heterocycles. The molecule has 0 aliphatic heterocycles. The molecular formula is C7H12O4. The molecule has 0 amide bonds. The van der Waals surface area contributed by atoms with Crippen molar-refractivity contribution in [2.24, 2.45) is 0 Å². The van der Waals surface area contributed by atoms with E-state index in [1.807, 2.05) is 0 Å². The minimum Gasteiger partial charge on any atom is -0.464 e. The van der Waals surface area contributed by atoms with Crippen molar-refractivity contribution in [1.82, 2.24) is 0 Å². The smallest absolute Gasteiger partial charge is 0.293 e. The molecule has 64 valence electrons. The molecule has 1 unspecified atom stereocenters. The van der Waals surface area contributed by atoms with Crippen LogP contribution in [-0.2, 0) is 9.53 Å². The Hall–Kier alpha value is -0.870. The fourth-order valence-electron chi connectivity index (χ4n) is 0.605. The van der Waals surface area contributed by atoms with E-state index in [1.165, 1.54) is 6.08 Å². The fraction of sp³-hybridized carbons (Fsp3) is 0.571. The van der Waals surface area contributed by atoms with Crippen LogP contribution in [0.15, 0.2) is 12.7 Å². The molecule has 1 atom stereocenters. The van der Waals surface area contributed by atoms with Gasteiger partial charge in [0.1, 0.15) is 12.2 Å². The van der Waals surface area contributed by atoms with Crippen LogP contribution in [-0.4, -0.2) is 35.5 Å². The molecule has 0 aromatic carbocycles. The quantitative estimate of drug-likeness (QED) is 0.404. The Kier molecular flexibility index (Phi) is 4.49. The van der Waals surface area contributed by atoms with Gasteiger partial charge < -0.3 is 14.9 Å². The zero-order chi connectivity index (χ0) is 8.74. The Labute approximate surface area is 65.1 Å². The van der Waals surface area contributed by atoms with Crippen LogP contribution >= 0.6 is 0 Å². The molecule has 4 heteroatoms. The molecular weight excluding hydrogens is 148 g/mol. The molecule has 0 saturated heterocycles. The molecule has 0 aromatic rings. The summed E-state index contributed by atoms with van der Waals surface area (Å²) < 4.78 is 4.33. The van der Waals surface area contributed by atoms with Crippen LogP contribution in [0, 0.1) is 0 Å². The van der Waals surface area contributed by atoms with Crippen LogP contribution in [0.5, 0.6) is 0 Å². The summed E-state index contributed by atoms with van der Waals surface area (Å²) in [5.74, 6) is 0. The number of ether oxygens (including phenoxy) is 1. The first-order chi connectivity index (χ1) is 5.18. The van der Waals surface area contributed by atoms with Gasteiger partial charge in [-0.05, 0) is 0 Å². The van der Waals surface area contributed by atoms with Gasteiger partial charge in [0.25, 0.3) is 6.47 Å². The molecule has 2 N–H and O–H groups in total. The van der Waals surface area contributed by atoms with E-state index in [0.29, 0.717) is 0 Å². The molecule has 0 aromatic heterocycles. The lowest BCUT2D eigenvalue weighted by molar-refractivity contribution is -0.134. The summed E-state index contributed by atoms with van der Waals surface area (Å²) in [4.78, 5) is 9.74. The summed E-state index contributed by atoms with van der Waals surface area (Å²) in [6.07, 6.45) is 1.36. The van der Waals surface area contributed by atoms with Gasteiger partial charge in [0.15, 0.2) is 0 Å². The third-order valence-corrected chi connectivity index (χ3v) is 1.33. The number of hydrogen-bond donors (Lipinski definition) is 2. The first-order valence-corrected chi connectivity index (χ1v) is 3.20. The second kappa shape index (κ2) is 4.87. The van der Waals surface area contributed by atoms with E-state index in [4.69, 9.17) is 5.11 Å². The van der Waals surface area contributed by atoms with E-state index in [-0.39, 0.29) is 26.1 Å². The Morgan fingerprint density at radius 2 is 2.27 bits per heavy atom. The summed E-state index contributed by atoms with van der Waals surface area (Å²) in [5.41, 5.74) is -1.30. The number of aliphatic hydroxyl groups excluding tert-OH is 1. The van der Waals surface area contributed by atoms with E-state index in [1.54, 1.807) is 0 Å². The third-order valence-electron chi connectivity index (χ3n) is 1.33. The average molecular weight is 160 g/mol. The lowest BCUT2D eigenvalue weighted by Gasteiger charge is -2.21. The highest BCUT2D eigenvalue weighted by Crippen LogP contribution is 2.10. The summed E-state index contributed by atoms with van der Waals surface area (Å²) >= 11 is 0. The van der Waals surface area contributed by atoms with Crippen LogP contribution in [0.1, 0.15) is 6.42 Å². The summed E-state index contributed by atoms with van der Waals surface area (Å²) in [7, 11) is 0. The van der Waals surface area contributed by atoms with Crippen LogP contribution in [0.4, 0.5) is 0 Å². The Bertz CT molecular complexity index is 134. The zero-order valence-corrected chi connectivity index (χ0v) is 6.19. The van der Waals surface area contributed by atoms with Crippen LogP contribution in [0.3, 0.4) is 0 Å².